The number of fused-ring (bicyclic) bond motifs is 1. The number of hydrogen-bond donors (Lipinski definition) is 2. The van der Waals surface area contributed by atoms with Crippen LogP contribution in [0.5, 0.6) is 0 Å². The Hall–Kier alpha value is -1.36. The lowest BCUT2D eigenvalue weighted by Gasteiger charge is -2.30. The van der Waals surface area contributed by atoms with E-state index in [4.69, 9.17) is 5.73 Å². The van der Waals surface area contributed by atoms with Crippen LogP contribution in [0.15, 0.2) is 23.1 Å². The summed E-state index contributed by atoms with van der Waals surface area (Å²) < 4.78 is 0. The van der Waals surface area contributed by atoms with Crippen molar-refractivity contribution in [1.29, 1.82) is 0 Å². The fourth-order valence-electron chi connectivity index (χ4n) is 2.26. The fourth-order valence-corrected chi connectivity index (χ4v) is 3.30. The number of carbonyl (C=O) groups excluding carboxylic acids is 1. The Kier molecular flexibility index (Phi) is 3.55. The molecule has 0 unspecified atom stereocenters. The Labute approximate surface area is 117 Å². The van der Waals surface area contributed by atoms with E-state index in [2.05, 4.69) is 10.2 Å². The van der Waals surface area contributed by atoms with Crippen molar-refractivity contribution in [3.63, 3.8) is 0 Å². The maximum absolute atomic E-state index is 11.9. The molecule has 0 saturated heterocycles. The molecule has 1 aliphatic carbocycles. The van der Waals surface area contributed by atoms with Crippen LogP contribution >= 0.6 is 11.8 Å². The van der Waals surface area contributed by atoms with Crippen molar-refractivity contribution in [3.8, 4) is 0 Å². The monoisotopic (exact) mass is 277 g/mol. The van der Waals surface area contributed by atoms with Gasteiger partial charge in [0, 0.05) is 29.4 Å². The van der Waals surface area contributed by atoms with Gasteiger partial charge in [-0.2, -0.15) is 0 Å². The summed E-state index contributed by atoms with van der Waals surface area (Å²) in [6.45, 7) is 2.17. The van der Waals surface area contributed by atoms with Crippen molar-refractivity contribution in [2.45, 2.75) is 17.7 Å². The van der Waals surface area contributed by atoms with Crippen LogP contribution < -0.4 is 16.0 Å². The molecule has 0 spiro atoms. The van der Waals surface area contributed by atoms with Gasteiger partial charge in [0.15, 0.2) is 0 Å². The van der Waals surface area contributed by atoms with Gasteiger partial charge in [-0.05, 0) is 37.0 Å². The van der Waals surface area contributed by atoms with E-state index in [-0.39, 0.29) is 5.91 Å². The average Bonchev–Trinajstić information content (AvgIpc) is 3.21. The molecule has 0 bridgehead atoms. The molecule has 4 nitrogen and oxygen atoms in total. The maximum Gasteiger partial charge on any atom is 0.239 e. The molecule has 102 valence electrons. The molecule has 2 aliphatic rings. The zero-order valence-electron chi connectivity index (χ0n) is 10.9. The summed E-state index contributed by atoms with van der Waals surface area (Å²) in [7, 11) is 0. The first-order valence-corrected chi connectivity index (χ1v) is 7.75. The van der Waals surface area contributed by atoms with E-state index in [1.165, 1.54) is 17.7 Å². The summed E-state index contributed by atoms with van der Waals surface area (Å²) in [4.78, 5) is 15.3. The zero-order valence-corrected chi connectivity index (χ0v) is 11.7. The fraction of sp³-hybridized carbons (Fsp3) is 0.500. The van der Waals surface area contributed by atoms with Crippen LogP contribution in [0.4, 0.5) is 11.4 Å². The summed E-state index contributed by atoms with van der Waals surface area (Å²) in [5.41, 5.74) is 7.69. The van der Waals surface area contributed by atoms with E-state index >= 15 is 0 Å². The molecule has 1 aromatic rings. The van der Waals surface area contributed by atoms with Crippen molar-refractivity contribution in [2.75, 3.05) is 36.0 Å². The van der Waals surface area contributed by atoms with Crippen LogP contribution in [0, 0.1) is 5.92 Å². The highest BCUT2D eigenvalue weighted by atomic mass is 32.2. The predicted molar refractivity (Wildman–Crippen MR) is 79.5 cm³/mol. The van der Waals surface area contributed by atoms with Crippen molar-refractivity contribution < 1.29 is 4.79 Å². The number of hydrogen-bond acceptors (Lipinski definition) is 4. The third-order valence-corrected chi connectivity index (χ3v) is 4.60. The molecule has 3 rings (SSSR count). The molecule has 5 heteroatoms. The van der Waals surface area contributed by atoms with E-state index in [1.807, 2.05) is 30.0 Å². The van der Waals surface area contributed by atoms with Crippen LogP contribution in [0.3, 0.4) is 0 Å². The van der Waals surface area contributed by atoms with Crippen LogP contribution in [-0.2, 0) is 4.79 Å². The first-order valence-electron chi connectivity index (χ1n) is 6.76. The average molecular weight is 277 g/mol. The van der Waals surface area contributed by atoms with Crippen molar-refractivity contribution >= 4 is 29.0 Å². The number of nitrogens with two attached hydrogens (primary N) is 1. The van der Waals surface area contributed by atoms with Gasteiger partial charge in [0.1, 0.15) is 0 Å². The first kappa shape index (κ1) is 12.7. The number of thioether (sulfide) groups is 1. The molecule has 3 N–H and O–H groups in total. The van der Waals surface area contributed by atoms with Gasteiger partial charge in [-0.1, -0.05) is 0 Å². The summed E-state index contributed by atoms with van der Waals surface area (Å²) in [6.07, 6.45) is 2.53. The van der Waals surface area contributed by atoms with Gasteiger partial charge in [-0.25, -0.2) is 0 Å². The van der Waals surface area contributed by atoms with E-state index in [1.54, 1.807) is 0 Å². The predicted octanol–water partition coefficient (Wildman–Crippen LogP) is 1.71. The third-order valence-electron chi connectivity index (χ3n) is 3.56. The second kappa shape index (κ2) is 5.33. The Balaban J connectivity index is 1.64. The minimum Gasteiger partial charge on any atom is -0.399 e. The third kappa shape index (κ3) is 3.15. The first-order chi connectivity index (χ1) is 9.22. The number of amides is 1. The minimum atomic E-state index is 0.118. The molecule has 1 amide bonds. The van der Waals surface area contributed by atoms with Crippen molar-refractivity contribution in [1.82, 2.24) is 5.32 Å². The number of anilines is 2. The number of nitrogens with zero attached hydrogens (tertiary/aromatic N) is 1. The molecule has 1 aromatic carbocycles. The Bertz CT molecular complexity index is 488. The lowest BCUT2D eigenvalue weighted by Crippen LogP contribution is -2.40. The van der Waals surface area contributed by atoms with E-state index in [9.17, 15) is 4.79 Å². The van der Waals surface area contributed by atoms with Crippen LogP contribution in [-0.4, -0.2) is 31.3 Å². The van der Waals surface area contributed by atoms with Gasteiger partial charge in [-0.15, -0.1) is 11.8 Å². The second-order valence-electron chi connectivity index (χ2n) is 5.24. The van der Waals surface area contributed by atoms with Crippen LogP contribution in [0.1, 0.15) is 12.8 Å². The molecule has 19 heavy (non-hydrogen) atoms. The number of benzene rings is 1. The lowest BCUT2D eigenvalue weighted by molar-refractivity contribution is -0.119. The van der Waals surface area contributed by atoms with Gasteiger partial charge in [0.25, 0.3) is 0 Å². The quantitative estimate of drug-likeness (QED) is 0.823. The highest BCUT2D eigenvalue weighted by molar-refractivity contribution is 7.99. The van der Waals surface area contributed by atoms with Gasteiger partial charge in [0.05, 0.1) is 12.2 Å². The van der Waals surface area contributed by atoms with E-state index in [0.29, 0.717) is 6.54 Å². The molecule has 1 saturated carbocycles. The molecule has 0 radical (unpaired) electrons. The molecule has 0 aromatic heterocycles. The summed E-state index contributed by atoms with van der Waals surface area (Å²) >= 11 is 1.83. The molecule has 1 heterocycles. The summed E-state index contributed by atoms with van der Waals surface area (Å²) in [5.74, 6) is 1.86. The molecule has 1 aliphatic heterocycles. The van der Waals surface area contributed by atoms with Gasteiger partial charge in [0.2, 0.25) is 5.91 Å². The topological polar surface area (TPSA) is 58.4 Å². The van der Waals surface area contributed by atoms with Crippen LogP contribution in [0.25, 0.3) is 0 Å². The van der Waals surface area contributed by atoms with E-state index < -0.39 is 0 Å². The van der Waals surface area contributed by atoms with Gasteiger partial charge < -0.3 is 16.0 Å². The van der Waals surface area contributed by atoms with Crippen molar-refractivity contribution in [2.24, 2.45) is 5.92 Å². The Morgan fingerprint density at radius 2 is 2.32 bits per heavy atom. The second-order valence-corrected chi connectivity index (χ2v) is 6.38. The SMILES string of the molecule is Nc1ccc2c(c1)N(CC(=O)NCC1CC1)CCS2. The zero-order chi connectivity index (χ0) is 13.2. The largest absolute Gasteiger partial charge is 0.399 e. The normalized spacial score (nSPS) is 18.0. The summed E-state index contributed by atoms with van der Waals surface area (Å²) in [5, 5.41) is 3.02. The number of carbonyl (C=O) groups is 1. The Morgan fingerprint density at radius 3 is 3.11 bits per heavy atom. The maximum atomic E-state index is 11.9. The molecular formula is C14H19N3OS. The lowest BCUT2D eigenvalue weighted by atomic mass is 10.2. The molecule has 0 atom stereocenters. The minimum absolute atomic E-state index is 0.118. The van der Waals surface area contributed by atoms with Gasteiger partial charge in [-0.3, -0.25) is 4.79 Å². The standard InChI is InChI=1S/C14H19N3OS/c15-11-3-4-13-12(7-11)17(5-6-19-13)9-14(18)16-8-10-1-2-10/h3-4,7,10H,1-2,5-6,8-9,15H2,(H,16,18). The number of rotatable bonds is 4. The molecule has 1 fully saturated rings. The van der Waals surface area contributed by atoms with Gasteiger partial charge >= 0.3 is 0 Å². The van der Waals surface area contributed by atoms with Crippen LogP contribution in [0.2, 0.25) is 0 Å². The smallest absolute Gasteiger partial charge is 0.239 e. The summed E-state index contributed by atoms with van der Waals surface area (Å²) in [6, 6.07) is 5.93. The number of nitrogen functional groups attached to an aromatic ring is 1. The highest BCUT2D eigenvalue weighted by Crippen LogP contribution is 2.35. The van der Waals surface area contributed by atoms with E-state index in [0.717, 1.165) is 36.1 Å². The Morgan fingerprint density at radius 1 is 1.47 bits per heavy atom. The number of nitrogens with one attached hydrogen (secondary N) is 1. The highest BCUT2D eigenvalue weighted by Gasteiger charge is 2.23. The molecular weight excluding hydrogens is 258 g/mol. The van der Waals surface area contributed by atoms with Crippen molar-refractivity contribution in [3.05, 3.63) is 18.2 Å².